The Morgan fingerprint density at radius 2 is 1.90 bits per heavy atom. The van der Waals surface area contributed by atoms with Crippen molar-refractivity contribution in [3.63, 3.8) is 0 Å². The summed E-state index contributed by atoms with van der Waals surface area (Å²) in [7, 11) is 0. The van der Waals surface area contributed by atoms with Crippen molar-refractivity contribution in [2.24, 2.45) is 5.10 Å². The number of anilines is 1. The minimum absolute atomic E-state index is 0.122. The number of nitrogens with one attached hydrogen (secondary N) is 1. The lowest BCUT2D eigenvalue weighted by molar-refractivity contribution is 0.563. The molecule has 2 aromatic carbocycles. The highest BCUT2D eigenvalue weighted by molar-refractivity contribution is 9.10. The van der Waals surface area contributed by atoms with Crippen LogP contribution in [0.5, 0.6) is 0 Å². The molecule has 0 radical (unpaired) electrons. The maximum absolute atomic E-state index is 12.4. The third kappa shape index (κ3) is 4.29. The molecule has 0 bridgehead atoms. The Bertz CT molecular complexity index is 1340. The number of thiazole rings is 1. The van der Waals surface area contributed by atoms with Gasteiger partial charge < -0.3 is 4.42 Å². The van der Waals surface area contributed by atoms with E-state index >= 15 is 0 Å². The molecule has 1 N–H and O–H groups in total. The minimum Gasteiger partial charge on any atom is -0.422 e. The number of hydrogen-bond acceptors (Lipinski definition) is 7. The lowest BCUT2D eigenvalue weighted by Crippen LogP contribution is -2.04. The zero-order chi connectivity index (χ0) is 20.4. The van der Waals surface area contributed by atoms with Gasteiger partial charge in [-0.05, 0) is 48.5 Å². The van der Waals surface area contributed by atoms with Gasteiger partial charge in [0.2, 0.25) is 0 Å². The van der Waals surface area contributed by atoms with E-state index in [1.807, 2.05) is 36.4 Å². The molecule has 6 nitrogen and oxygen atoms in total. The Balaban J connectivity index is 1.66. The molecule has 0 aliphatic heterocycles. The average molecular weight is 530 g/mol. The molecular weight excluding hydrogens is 520 g/mol. The van der Waals surface area contributed by atoms with Crippen LogP contribution in [0.25, 0.3) is 22.2 Å². The van der Waals surface area contributed by atoms with Gasteiger partial charge in [-0.3, -0.25) is 5.43 Å². The highest BCUT2D eigenvalue weighted by atomic mass is 79.9. The van der Waals surface area contributed by atoms with Gasteiger partial charge in [-0.1, -0.05) is 31.9 Å². The lowest BCUT2D eigenvalue weighted by Gasteiger charge is -2.01. The van der Waals surface area contributed by atoms with Crippen molar-refractivity contribution >= 4 is 65.6 Å². The molecule has 9 heteroatoms. The summed E-state index contributed by atoms with van der Waals surface area (Å²) in [5.74, 6) is 0. The van der Waals surface area contributed by atoms with Crippen LogP contribution in [0.15, 0.2) is 77.2 Å². The fourth-order valence-electron chi connectivity index (χ4n) is 2.54. The van der Waals surface area contributed by atoms with Crippen LogP contribution < -0.4 is 11.1 Å². The Morgan fingerprint density at radius 1 is 1.14 bits per heavy atom. The van der Waals surface area contributed by atoms with Gasteiger partial charge in [0.25, 0.3) is 0 Å². The van der Waals surface area contributed by atoms with Crippen molar-refractivity contribution in [2.75, 3.05) is 5.43 Å². The maximum Gasteiger partial charge on any atom is 0.345 e. The number of fused-ring (bicyclic) bond motifs is 1. The summed E-state index contributed by atoms with van der Waals surface area (Å²) in [4.78, 5) is 16.8. The largest absolute Gasteiger partial charge is 0.422 e. The van der Waals surface area contributed by atoms with Gasteiger partial charge in [0.1, 0.15) is 11.7 Å². The molecule has 0 saturated carbocycles. The van der Waals surface area contributed by atoms with Crippen LogP contribution in [0.1, 0.15) is 5.01 Å². The molecule has 142 valence electrons. The number of nitriles is 1. The van der Waals surface area contributed by atoms with Gasteiger partial charge >= 0.3 is 5.63 Å². The number of rotatable bonds is 4. The molecule has 0 saturated heterocycles. The van der Waals surface area contributed by atoms with E-state index in [0.717, 1.165) is 20.0 Å². The number of halogens is 2. The number of hydrogen-bond donors (Lipinski definition) is 1. The highest BCUT2D eigenvalue weighted by Crippen LogP contribution is 2.25. The van der Waals surface area contributed by atoms with E-state index in [-0.39, 0.29) is 5.71 Å². The average Bonchev–Trinajstić information content (AvgIpc) is 3.19. The Labute approximate surface area is 185 Å². The predicted octanol–water partition coefficient (Wildman–Crippen LogP) is 5.78. The zero-order valence-corrected chi connectivity index (χ0v) is 18.5. The van der Waals surface area contributed by atoms with E-state index in [2.05, 4.69) is 47.4 Å². The molecule has 4 aromatic rings. The SMILES string of the molecule is N#C/C(=N/Nc1ccc(Br)cc1)c1nc(-c2cc3cc(Br)ccc3oc2=O)cs1. The molecule has 2 aromatic heterocycles. The molecule has 0 atom stereocenters. The van der Waals surface area contributed by atoms with Gasteiger partial charge in [-0.2, -0.15) is 10.4 Å². The summed E-state index contributed by atoms with van der Waals surface area (Å²) in [6.07, 6.45) is 0. The summed E-state index contributed by atoms with van der Waals surface area (Å²) in [5.41, 5.74) is 4.47. The van der Waals surface area contributed by atoms with E-state index in [1.54, 1.807) is 23.6 Å². The van der Waals surface area contributed by atoms with Crippen LogP contribution >= 0.6 is 43.2 Å². The second kappa shape index (κ2) is 8.29. The van der Waals surface area contributed by atoms with Crippen molar-refractivity contribution in [1.29, 1.82) is 5.26 Å². The van der Waals surface area contributed by atoms with Gasteiger partial charge in [-0.15, -0.1) is 11.3 Å². The first-order chi connectivity index (χ1) is 14.0. The summed E-state index contributed by atoms with van der Waals surface area (Å²) < 4.78 is 7.21. The van der Waals surface area contributed by atoms with E-state index in [9.17, 15) is 10.1 Å². The summed E-state index contributed by atoms with van der Waals surface area (Å²) >= 11 is 8.01. The van der Waals surface area contributed by atoms with Crippen LogP contribution in [-0.2, 0) is 0 Å². The molecule has 0 amide bonds. The van der Waals surface area contributed by atoms with Crippen molar-refractivity contribution in [2.45, 2.75) is 0 Å². The summed E-state index contributed by atoms with van der Waals surface area (Å²) in [6.45, 7) is 0. The Morgan fingerprint density at radius 3 is 2.66 bits per heavy atom. The number of aromatic nitrogens is 1. The maximum atomic E-state index is 12.4. The fraction of sp³-hybridized carbons (Fsp3) is 0. The second-order valence-electron chi connectivity index (χ2n) is 5.86. The normalized spacial score (nSPS) is 11.4. The van der Waals surface area contributed by atoms with E-state index in [4.69, 9.17) is 4.42 Å². The second-order valence-corrected chi connectivity index (χ2v) is 8.55. The Hall–Kier alpha value is -2.80. The van der Waals surface area contributed by atoms with Crippen molar-refractivity contribution < 1.29 is 4.42 Å². The van der Waals surface area contributed by atoms with Crippen LogP contribution in [0.4, 0.5) is 5.69 Å². The minimum atomic E-state index is -0.486. The van der Waals surface area contributed by atoms with Gasteiger partial charge in [0.05, 0.1) is 16.9 Å². The number of hydrazone groups is 1. The van der Waals surface area contributed by atoms with Gasteiger partial charge in [0, 0.05) is 19.7 Å². The molecule has 0 aliphatic carbocycles. The molecule has 2 heterocycles. The first kappa shape index (κ1) is 19.5. The zero-order valence-electron chi connectivity index (χ0n) is 14.5. The van der Waals surface area contributed by atoms with Crippen LogP contribution in [0.3, 0.4) is 0 Å². The monoisotopic (exact) mass is 528 g/mol. The first-order valence-corrected chi connectivity index (χ1v) is 10.7. The quantitative estimate of drug-likeness (QED) is 0.205. The van der Waals surface area contributed by atoms with E-state index in [0.29, 0.717) is 21.8 Å². The third-order valence-electron chi connectivity index (χ3n) is 3.92. The molecule has 4 rings (SSSR count). The molecule has 29 heavy (non-hydrogen) atoms. The summed E-state index contributed by atoms with van der Waals surface area (Å²) in [6, 6.07) is 16.5. The molecular formula is C20H10Br2N4O2S. The van der Waals surface area contributed by atoms with Gasteiger partial charge in [0.15, 0.2) is 10.7 Å². The molecule has 0 spiro atoms. The predicted molar refractivity (Wildman–Crippen MR) is 121 cm³/mol. The van der Waals surface area contributed by atoms with E-state index < -0.39 is 5.63 Å². The van der Waals surface area contributed by atoms with Crippen LogP contribution in [0.2, 0.25) is 0 Å². The lowest BCUT2D eigenvalue weighted by atomic mass is 10.1. The fourth-order valence-corrected chi connectivity index (χ4v) is 3.94. The topological polar surface area (TPSA) is 91.3 Å². The number of nitrogens with zero attached hydrogens (tertiary/aromatic N) is 3. The third-order valence-corrected chi connectivity index (χ3v) is 5.79. The molecule has 0 unspecified atom stereocenters. The van der Waals surface area contributed by atoms with Crippen molar-refractivity contribution in [3.05, 3.63) is 78.3 Å². The summed E-state index contributed by atoms with van der Waals surface area (Å²) in [5, 5.41) is 16.5. The highest BCUT2D eigenvalue weighted by Gasteiger charge is 2.15. The van der Waals surface area contributed by atoms with Crippen LogP contribution in [0, 0.1) is 11.3 Å². The van der Waals surface area contributed by atoms with Crippen molar-refractivity contribution in [3.8, 4) is 17.3 Å². The van der Waals surface area contributed by atoms with Crippen LogP contribution in [-0.4, -0.2) is 10.7 Å². The van der Waals surface area contributed by atoms with Crippen molar-refractivity contribution in [1.82, 2.24) is 4.98 Å². The Kier molecular flexibility index (Phi) is 5.58. The first-order valence-electron chi connectivity index (χ1n) is 8.22. The molecule has 0 aliphatic rings. The van der Waals surface area contributed by atoms with E-state index in [1.165, 1.54) is 11.3 Å². The van der Waals surface area contributed by atoms with Gasteiger partial charge in [-0.25, -0.2) is 9.78 Å². The number of benzene rings is 2. The molecule has 0 fully saturated rings. The smallest absolute Gasteiger partial charge is 0.345 e. The standard InChI is InChI=1S/C20H10Br2N4O2S/c21-12-1-4-14(5-2-12)25-26-16(9-23)19-24-17(10-29-19)15-8-11-7-13(22)3-6-18(11)28-20(15)27/h1-8,10,25H/b26-16-.